The first-order valence-corrected chi connectivity index (χ1v) is 8.60. The van der Waals surface area contributed by atoms with E-state index in [0.29, 0.717) is 15.8 Å². The minimum atomic E-state index is -0.369. The maximum atomic E-state index is 12.0. The van der Waals surface area contributed by atoms with Crippen molar-refractivity contribution in [2.75, 3.05) is 16.4 Å². The van der Waals surface area contributed by atoms with Gasteiger partial charge in [0.25, 0.3) is 0 Å². The lowest BCUT2D eigenvalue weighted by molar-refractivity contribution is 0.262. The zero-order valence-electron chi connectivity index (χ0n) is 12.1. The number of thioether (sulfide) groups is 1. The van der Waals surface area contributed by atoms with Gasteiger partial charge < -0.3 is 9.84 Å². The summed E-state index contributed by atoms with van der Waals surface area (Å²) in [5.74, 6) is 0.977. The van der Waals surface area contributed by atoms with Crippen molar-refractivity contribution in [3.05, 3.63) is 36.6 Å². The summed E-state index contributed by atoms with van der Waals surface area (Å²) in [6.45, 7) is 2.08. The first-order chi connectivity index (χ1) is 11.2. The molecule has 3 rings (SSSR count). The van der Waals surface area contributed by atoms with Gasteiger partial charge in [0.2, 0.25) is 5.13 Å². The van der Waals surface area contributed by atoms with E-state index in [1.807, 2.05) is 24.3 Å². The highest BCUT2D eigenvalue weighted by atomic mass is 32.2. The van der Waals surface area contributed by atoms with Gasteiger partial charge in [-0.15, -0.1) is 22.0 Å². The molecule has 2 aromatic heterocycles. The fraction of sp³-hybridized carbons (Fsp3) is 0.143. The highest BCUT2D eigenvalue weighted by Gasteiger charge is 2.11. The molecule has 2 heterocycles. The third-order valence-corrected chi connectivity index (χ3v) is 4.44. The molecule has 118 valence electrons. The van der Waals surface area contributed by atoms with Crippen molar-refractivity contribution in [3.8, 4) is 10.7 Å². The van der Waals surface area contributed by atoms with E-state index in [1.165, 1.54) is 17.6 Å². The number of urea groups is 1. The number of rotatable bonds is 5. The van der Waals surface area contributed by atoms with Crippen LogP contribution in [0.4, 0.5) is 15.6 Å². The first-order valence-electron chi connectivity index (χ1n) is 6.79. The minimum absolute atomic E-state index is 0.369. The van der Waals surface area contributed by atoms with Gasteiger partial charge in [-0.25, -0.2) is 4.79 Å². The summed E-state index contributed by atoms with van der Waals surface area (Å²) in [6, 6.07) is 8.98. The molecule has 2 N–H and O–H groups in total. The van der Waals surface area contributed by atoms with E-state index in [4.69, 9.17) is 4.52 Å². The Kier molecular flexibility index (Phi) is 4.89. The number of carbonyl (C=O) groups excluding carboxylic acids is 1. The molecule has 23 heavy (non-hydrogen) atoms. The Morgan fingerprint density at radius 2 is 2.22 bits per heavy atom. The van der Waals surface area contributed by atoms with Crippen LogP contribution in [0.1, 0.15) is 6.92 Å². The fourth-order valence-electron chi connectivity index (χ4n) is 1.79. The summed E-state index contributed by atoms with van der Waals surface area (Å²) in [5, 5.41) is 18.0. The number of aromatic nitrogens is 3. The second-order valence-electron chi connectivity index (χ2n) is 4.34. The molecule has 2 amide bonds. The van der Waals surface area contributed by atoms with Crippen LogP contribution in [0.15, 0.2) is 46.0 Å². The summed E-state index contributed by atoms with van der Waals surface area (Å²) in [5.41, 5.74) is 1.31. The number of hydrogen-bond acceptors (Lipinski definition) is 7. The molecular weight excluding hydrogens is 334 g/mol. The second-order valence-corrected chi connectivity index (χ2v) is 6.65. The normalized spacial score (nSPS) is 10.5. The summed E-state index contributed by atoms with van der Waals surface area (Å²) in [4.78, 5) is 13.1. The molecule has 1 aromatic carbocycles. The third kappa shape index (κ3) is 4.08. The summed E-state index contributed by atoms with van der Waals surface area (Å²) in [6.07, 6.45) is 1.46. The molecule has 0 atom stereocenters. The molecule has 0 bridgehead atoms. The van der Waals surface area contributed by atoms with E-state index < -0.39 is 0 Å². The van der Waals surface area contributed by atoms with Gasteiger partial charge in [-0.3, -0.25) is 5.32 Å². The predicted octanol–water partition coefficient (Wildman–Crippen LogP) is 3.95. The molecule has 0 unspecified atom stereocenters. The Morgan fingerprint density at radius 3 is 3.00 bits per heavy atom. The number of nitrogens with one attached hydrogen (secondary N) is 2. The van der Waals surface area contributed by atoms with E-state index in [2.05, 4.69) is 32.9 Å². The van der Waals surface area contributed by atoms with Crippen LogP contribution in [-0.4, -0.2) is 27.1 Å². The van der Waals surface area contributed by atoms with Crippen molar-refractivity contribution >= 4 is 39.9 Å². The third-order valence-electron chi connectivity index (χ3n) is 2.71. The Labute approximate surface area is 140 Å². The molecule has 0 saturated heterocycles. The maximum Gasteiger partial charge on any atom is 0.325 e. The number of carbonyl (C=O) groups is 1. The van der Waals surface area contributed by atoms with Crippen LogP contribution >= 0.6 is 23.1 Å². The minimum Gasteiger partial charge on any atom is -0.364 e. The van der Waals surface area contributed by atoms with Gasteiger partial charge in [0, 0.05) is 16.6 Å². The predicted molar refractivity (Wildman–Crippen MR) is 90.9 cm³/mol. The average Bonchev–Trinajstić information content (AvgIpc) is 3.18. The van der Waals surface area contributed by atoms with Crippen LogP contribution < -0.4 is 10.6 Å². The number of anilines is 2. The highest BCUT2D eigenvalue weighted by molar-refractivity contribution is 7.99. The largest absolute Gasteiger partial charge is 0.364 e. The van der Waals surface area contributed by atoms with E-state index >= 15 is 0 Å². The van der Waals surface area contributed by atoms with E-state index in [0.717, 1.165) is 16.3 Å². The number of amides is 2. The van der Waals surface area contributed by atoms with Crippen LogP contribution in [0.5, 0.6) is 0 Å². The Hall–Kier alpha value is -2.39. The lowest BCUT2D eigenvalue weighted by atomic mass is 10.3. The molecule has 0 fully saturated rings. The standard InChI is InChI=1S/C14H13N5O2S2/c1-2-22-10-5-3-4-9(8-10)15-13(20)16-14-18-17-12(23-14)11-6-7-21-19-11/h3-8H,2H2,1H3,(H2,15,16,18,20). The molecule has 9 heteroatoms. The van der Waals surface area contributed by atoms with Crippen molar-refractivity contribution in [2.24, 2.45) is 0 Å². The Balaban J connectivity index is 1.62. The summed E-state index contributed by atoms with van der Waals surface area (Å²) < 4.78 is 4.76. The number of hydrogen-bond donors (Lipinski definition) is 2. The summed E-state index contributed by atoms with van der Waals surface area (Å²) >= 11 is 2.93. The van der Waals surface area contributed by atoms with Crippen molar-refractivity contribution in [1.29, 1.82) is 0 Å². The van der Waals surface area contributed by atoms with Gasteiger partial charge in [-0.05, 0) is 24.0 Å². The van der Waals surface area contributed by atoms with Crippen LogP contribution in [0.25, 0.3) is 10.7 Å². The maximum absolute atomic E-state index is 12.0. The van der Waals surface area contributed by atoms with Crippen molar-refractivity contribution < 1.29 is 9.32 Å². The molecule has 7 nitrogen and oxygen atoms in total. The van der Waals surface area contributed by atoms with Gasteiger partial charge in [0.1, 0.15) is 12.0 Å². The topological polar surface area (TPSA) is 92.9 Å². The average molecular weight is 347 g/mol. The second kappa shape index (κ2) is 7.25. The summed E-state index contributed by atoms with van der Waals surface area (Å²) in [7, 11) is 0. The highest BCUT2D eigenvalue weighted by Crippen LogP contribution is 2.25. The van der Waals surface area contributed by atoms with Crippen molar-refractivity contribution in [2.45, 2.75) is 11.8 Å². The van der Waals surface area contributed by atoms with Crippen LogP contribution in [0, 0.1) is 0 Å². The van der Waals surface area contributed by atoms with Crippen molar-refractivity contribution in [3.63, 3.8) is 0 Å². The lowest BCUT2D eigenvalue weighted by Gasteiger charge is -2.06. The van der Waals surface area contributed by atoms with E-state index in [-0.39, 0.29) is 6.03 Å². The molecule has 3 aromatic rings. The molecule has 0 saturated carbocycles. The smallest absolute Gasteiger partial charge is 0.325 e. The monoisotopic (exact) mass is 347 g/mol. The van der Waals surface area contributed by atoms with Crippen LogP contribution in [-0.2, 0) is 0 Å². The van der Waals surface area contributed by atoms with Gasteiger partial charge in [-0.1, -0.05) is 29.5 Å². The first kappa shape index (κ1) is 15.5. The molecule has 0 aliphatic carbocycles. The zero-order valence-corrected chi connectivity index (χ0v) is 13.8. The SMILES string of the molecule is CCSc1cccc(NC(=O)Nc2nnc(-c3ccon3)s2)c1. The number of benzene rings is 1. The van der Waals surface area contributed by atoms with Gasteiger partial charge >= 0.3 is 6.03 Å². The van der Waals surface area contributed by atoms with Crippen LogP contribution in [0.2, 0.25) is 0 Å². The quantitative estimate of drug-likeness (QED) is 0.679. The molecular formula is C14H13N5O2S2. The van der Waals surface area contributed by atoms with Gasteiger partial charge in [0.05, 0.1) is 0 Å². The molecule has 0 spiro atoms. The molecule has 0 radical (unpaired) electrons. The zero-order chi connectivity index (χ0) is 16.1. The fourth-order valence-corrected chi connectivity index (χ4v) is 3.21. The van der Waals surface area contributed by atoms with Crippen molar-refractivity contribution in [1.82, 2.24) is 15.4 Å². The molecule has 0 aliphatic heterocycles. The van der Waals surface area contributed by atoms with Gasteiger partial charge in [0.15, 0.2) is 5.01 Å². The molecule has 0 aliphatic rings. The number of nitrogens with zero attached hydrogens (tertiary/aromatic N) is 3. The van der Waals surface area contributed by atoms with Crippen LogP contribution in [0.3, 0.4) is 0 Å². The van der Waals surface area contributed by atoms with E-state index in [1.54, 1.807) is 17.8 Å². The van der Waals surface area contributed by atoms with Gasteiger partial charge in [-0.2, -0.15) is 0 Å². The van der Waals surface area contributed by atoms with E-state index in [9.17, 15) is 4.79 Å². The Bertz CT molecular complexity index is 788. The lowest BCUT2D eigenvalue weighted by Crippen LogP contribution is -2.19. The Morgan fingerprint density at radius 1 is 1.30 bits per heavy atom.